The number of nitrogens with zero attached hydrogens (tertiary/aromatic N) is 4. The Hall–Kier alpha value is -3.13. The van der Waals surface area contributed by atoms with Gasteiger partial charge in [-0.3, -0.25) is 4.98 Å². The highest BCUT2D eigenvalue weighted by atomic mass is 16.6. The number of carbonyl (C=O) groups is 1. The van der Waals surface area contributed by atoms with E-state index < -0.39 is 5.60 Å². The minimum absolute atomic E-state index is 0.209. The van der Waals surface area contributed by atoms with E-state index in [4.69, 9.17) is 14.0 Å². The van der Waals surface area contributed by atoms with Gasteiger partial charge in [0.1, 0.15) is 18.0 Å². The molecule has 1 amide bonds. The number of amides is 1. The zero-order valence-corrected chi connectivity index (χ0v) is 22.1. The van der Waals surface area contributed by atoms with Crippen LogP contribution < -0.4 is 4.74 Å². The standard InChI is InChI=1S/C28H38N4O4/c1-28(2,3)35-27(33)32-16-12-20(13-17-32)6-8-24-22-7-9-25(34-19-21-10-14-29-15-11-21)23(18-31(4)5)26(22)36-30-24/h7,9-11,14-15,20H,6,8,12-13,16-19H2,1-5H3. The molecule has 3 heterocycles. The molecule has 0 unspecified atom stereocenters. The van der Waals surface area contributed by atoms with Gasteiger partial charge in [0.05, 0.1) is 11.3 Å². The number of pyridine rings is 1. The Morgan fingerprint density at radius 1 is 1.14 bits per heavy atom. The molecule has 0 radical (unpaired) electrons. The van der Waals surface area contributed by atoms with Crippen molar-refractivity contribution in [2.24, 2.45) is 5.92 Å². The van der Waals surface area contributed by atoms with Gasteiger partial charge in [0, 0.05) is 37.4 Å². The Morgan fingerprint density at radius 2 is 1.86 bits per heavy atom. The summed E-state index contributed by atoms with van der Waals surface area (Å²) in [6.07, 6.45) is 7.16. The van der Waals surface area contributed by atoms with Gasteiger partial charge in [-0.15, -0.1) is 0 Å². The second-order valence-corrected chi connectivity index (χ2v) is 10.9. The van der Waals surface area contributed by atoms with Crippen molar-refractivity contribution in [2.45, 2.75) is 65.2 Å². The van der Waals surface area contributed by atoms with E-state index in [9.17, 15) is 4.79 Å². The fraction of sp³-hybridized carbons (Fsp3) is 0.536. The summed E-state index contributed by atoms with van der Waals surface area (Å²) < 4.78 is 17.6. The third-order valence-electron chi connectivity index (χ3n) is 6.45. The van der Waals surface area contributed by atoms with E-state index in [0.29, 0.717) is 19.1 Å². The van der Waals surface area contributed by atoms with Crippen molar-refractivity contribution >= 4 is 17.1 Å². The van der Waals surface area contributed by atoms with Crippen LogP contribution in [0.5, 0.6) is 5.75 Å². The van der Waals surface area contributed by atoms with Gasteiger partial charge in [-0.25, -0.2) is 4.79 Å². The molecule has 1 saturated heterocycles. The highest BCUT2D eigenvalue weighted by Crippen LogP contribution is 2.33. The van der Waals surface area contributed by atoms with E-state index in [1.807, 2.05) is 58.0 Å². The van der Waals surface area contributed by atoms with Gasteiger partial charge in [0.15, 0.2) is 5.58 Å². The number of hydrogen-bond acceptors (Lipinski definition) is 7. The summed E-state index contributed by atoms with van der Waals surface area (Å²) in [5.41, 5.74) is 3.40. The van der Waals surface area contributed by atoms with Crippen LogP contribution in [0.4, 0.5) is 4.79 Å². The van der Waals surface area contributed by atoms with Crippen molar-refractivity contribution in [3.05, 3.63) is 53.5 Å². The van der Waals surface area contributed by atoms with Crippen molar-refractivity contribution in [2.75, 3.05) is 27.2 Å². The molecule has 0 N–H and O–H groups in total. The van der Waals surface area contributed by atoms with Gasteiger partial charge < -0.3 is 23.8 Å². The van der Waals surface area contributed by atoms with Crippen LogP contribution in [0.3, 0.4) is 0 Å². The summed E-state index contributed by atoms with van der Waals surface area (Å²) in [6, 6.07) is 8.00. The first-order chi connectivity index (χ1) is 17.2. The summed E-state index contributed by atoms with van der Waals surface area (Å²) in [4.78, 5) is 20.3. The Morgan fingerprint density at radius 3 is 2.53 bits per heavy atom. The smallest absolute Gasteiger partial charge is 0.410 e. The Balaban J connectivity index is 1.39. The quantitative estimate of drug-likeness (QED) is 0.412. The molecule has 1 aromatic carbocycles. The number of hydrogen-bond donors (Lipinski definition) is 0. The molecule has 1 fully saturated rings. The average Bonchev–Trinajstić information content (AvgIpc) is 3.25. The van der Waals surface area contributed by atoms with Gasteiger partial charge in [0.2, 0.25) is 0 Å². The lowest BCUT2D eigenvalue weighted by atomic mass is 9.91. The van der Waals surface area contributed by atoms with Crippen LogP contribution in [0.2, 0.25) is 0 Å². The van der Waals surface area contributed by atoms with Crippen LogP contribution in [0.1, 0.15) is 56.9 Å². The minimum atomic E-state index is -0.461. The molecule has 8 nitrogen and oxygen atoms in total. The van der Waals surface area contributed by atoms with Crippen LogP contribution in [0.15, 0.2) is 41.2 Å². The van der Waals surface area contributed by atoms with Crippen molar-refractivity contribution in [3.8, 4) is 5.75 Å². The normalized spacial score (nSPS) is 15.0. The molecule has 2 aromatic heterocycles. The maximum Gasteiger partial charge on any atom is 0.410 e. The molecule has 0 bridgehead atoms. The SMILES string of the molecule is CN(C)Cc1c(OCc2ccncc2)ccc2c(CCC3CCN(C(=O)OC(C)(C)C)CC3)noc12. The Bertz CT molecular complexity index is 1150. The van der Waals surface area contributed by atoms with E-state index >= 15 is 0 Å². The topological polar surface area (TPSA) is 80.9 Å². The molecule has 36 heavy (non-hydrogen) atoms. The van der Waals surface area contributed by atoms with Gasteiger partial charge in [-0.1, -0.05) is 5.16 Å². The Kier molecular flexibility index (Phi) is 8.14. The fourth-order valence-corrected chi connectivity index (χ4v) is 4.58. The molecule has 0 saturated carbocycles. The van der Waals surface area contributed by atoms with Gasteiger partial charge in [0.25, 0.3) is 0 Å². The van der Waals surface area contributed by atoms with Crippen LogP contribution in [0, 0.1) is 5.92 Å². The summed E-state index contributed by atoms with van der Waals surface area (Å²) in [5.74, 6) is 1.37. The maximum atomic E-state index is 12.3. The van der Waals surface area contributed by atoms with E-state index in [1.165, 1.54) is 0 Å². The third-order valence-corrected chi connectivity index (χ3v) is 6.45. The van der Waals surface area contributed by atoms with E-state index in [0.717, 1.165) is 72.3 Å². The summed E-state index contributed by atoms with van der Waals surface area (Å²) in [6.45, 7) is 8.35. The second kappa shape index (κ2) is 11.3. The number of carbonyl (C=O) groups excluding carboxylic acids is 1. The molecule has 0 atom stereocenters. The zero-order valence-electron chi connectivity index (χ0n) is 22.1. The molecule has 4 rings (SSSR count). The summed E-state index contributed by atoms with van der Waals surface area (Å²) in [7, 11) is 4.07. The predicted octanol–water partition coefficient (Wildman–Crippen LogP) is 5.44. The lowest BCUT2D eigenvalue weighted by Crippen LogP contribution is -2.41. The number of benzene rings is 1. The van der Waals surface area contributed by atoms with Crippen LogP contribution in [0.25, 0.3) is 11.0 Å². The summed E-state index contributed by atoms with van der Waals surface area (Å²) >= 11 is 0. The van der Waals surface area contributed by atoms with E-state index in [1.54, 1.807) is 12.4 Å². The average molecular weight is 495 g/mol. The number of likely N-dealkylation sites (tertiary alicyclic amines) is 1. The first-order valence-electron chi connectivity index (χ1n) is 12.7. The molecule has 0 spiro atoms. The molecule has 1 aliphatic heterocycles. The van der Waals surface area contributed by atoms with Crippen molar-refractivity contribution in [1.29, 1.82) is 0 Å². The third kappa shape index (κ3) is 6.75. The highest BCUT2D eigenvalue weighted by Gasteiger charge is 2.27. The van der Waals surface area contributed by atoms with Crippen molar-refractivity contribution < 1.29 is 18.8 Å². The van der Waals surface area contributed by atoms with Gasteiger partial charge in [-0.2, -0.15) is 0 Å². The number of fused-ring (bicyclic) bond motifs is 1. The zero-order chi connectivity index (χ0) is 25.7. The number of rotatable bonds is 8. The molecule has 1 aliphatic rings. The fourth-order valence-electron chi connectivity index (χ4n) is 4.58. The number of piperidine rings is 1. The molecule has 0 aliphatic carbocycles. The van der Waals surface area contributed by atoms with E-state index in [-0.39, 0.29) is 6.09 Å². The first-order valence-corrected chi connectivity index (χ1v) is 12.7. The van der Waals surface area contributed by atoms with Crippen LogP contribution in [-0.2, 0) is 24.3 Å². The first kappa shape index (κ1) is 25.9. The molecular weight excluding hydrogens is 456 g/mol. The molecular formula is C28H38N4O4. The van der Waals surface area contributed by atoms with Gasteiger partial charge in [-0.05, 0) is 96.3 Å². The number of aryl methyl sites for hydroxylation is 1. The van der Waals surface area contributed by atoms with E-state index in [2.05, 4.69) is 21.1 Å². The monoisotopic (exact) mass is 494 g/mol. The minimum Gasteiger partial charge on any atom is -0.488 e. The molecule has 3 aromatic rings. The van der Waals surface area contributed by atoms with Crippen LogP contribution in [-0.4, -0.2) is 58.8 Å². The largest absolute Gasteiger partial charge is 0.488 e. The van der Waals surface area contributed by atoms with Gasteiger partial charge >= 0.3 is 6.09 Å². The summed E-state index contributed by atoms with van der Waals surface area (Å²) in [5, 5.41) is 5.50. The molecule has 194 valence electrons. The molecule has 8 heteroatoms. The van der Waals surface area contributed by atoms with Crippen molar-refractivity contribution in [3.63, 3.8) is 0 Å². The second-order valence-electron chi connectivity index (χ2n) is 10.9. The predicted molar refractivity (Wildman–Crippen MR) is 139 cm³/mol. The van der Waals surface area contributed by atoms with Crippen molar-refractivity contribution in [1.82, 2.24) is 19.9 Å². The lowest BCUT2D eigenvalue weighted by molar-refractivity contribution is 0.0181. The van der Waals surface area contributed by atoms with Crippen LogP contribution >= 0.6 is 0 Å². The number of ether oxygens (including phenoxy) is 2. The number of aromatic nitrogens is 2. The maximum absolute atomic E-state index is 12.3. The Labute approximate surface area is 213 Å². The lowest BCUT2D eigenvalue weighted by Gasteiger charge is -2.33. The highest BCUT2D eigenvalue weighted by molar-refractivity contribution is 5.84.